The van der Waals surface area contributed by atoms with Crippen LogP contribution >= 0.6 is 11.8 Å². The standard InChI is InChI=1S/C11H18O3S/c12-10(13)6-9-2-5-15-11(7-9)3-1-4-14-8-11/h9H,1-8H2,(H,12,13). The third-order valence-electron chi connectivity index (χ3n) is 3.34. The second-order valence-corrected chi connectivity index (χ2v) is 6.21. The Hall–Kier alpha value is -0.220. The Labute approximate surface area is 94.6 Å². The molecule has 2 saturated heterocycles. The maximum Gasteiger partial charge on any atom is 0.303 e. The largest absolute Gasteiger partial charge is 0.481 e. The third kappa shape index (κ3) is 2.88. The maximum absolute atomic E-state index is 10.7. The Morgan fingerprint density at radius 1 is 1.60 bits per heavy atom. The van der Waals surface area contributed by atoms with E-state index in [0.717, 1.165) is 38.2 Å². The van der Waals surface area contributed by atoms with E-state index in [0.29, 0.717) is 12.3 Å². The highest BCUT2D eigenvalue weighted by Gasteiger charge is 2.39. The minimum absolute atomic E-state index is 0.247. The summed E-state index contributed by atoms with van der Waals surface area (Å²) < 4.78 is 5.79. The van der Waals surface area contributed by atoms with Crippen LogP contribution in [-0.4, -0.2) is 34.8 Å². The zero-order valence-electron chi connectivity index (χ0n) is 8.91. The molecule has 1 spiro atoms. The van der Waals surface area contributed by atoms with Gasteiger partial charge in [-0.2, -0.15) is 11.8 Å². The van der Waals surface area contributed by atoms with E-state index in [1.165, 1.54) is 6.42 Å². The predicted molar refractivity (Wildman–Crippen MR) is 60.2 cm³/mol. The number of carboxylic acids is 1. The van der Waals surface area contributed by atoms with E-state index in [1.54, 1.807) is 0 Å². The highest BCUT2D eigenvalue weighted by Crippen LogP contribution is 2.45. The van der Waals surface area contributed by atoms with Crippen LogP contribution in [0.2, 0.25) is 0 Å². The van der Waals surface area contributed by atoms with Crippen molar-refractivity contribution in [2.24, 2.45) is 5.92 Å². The molecule has 2 aliphatic rings. The van der Waals surface area contributed by atoms with Crippen molar-refractivity contribution in [3.63, 3.8) is 0 Å². The van der Waals surface area contributed by atoms with Crippen LogP contribution in [0, 0.1) is 5.92 Å². The number of aliphatic carboxylic acids is 1. The molecule has 2 fully saturated rings. The Morgan fingerprint density at radius 3 is 3.13 bits per heavy atom. The fraction of sp³-hybridized carbons (Fsp3) is 0.909. The summed E-state index contributed by atoms with van der Waals surface area (Å²) in [5.41, 5.74) is 0. The van der Waals surface area contributed by atoms with Crippen LogP contribution in [0.15, 0.2) is 0 Å². The van der Waals surface area contributed by atoms with Gasteiger partial charge in [-0.3, -0.25) is 4.79 Å². The van der Waals surface area contributed by atoms with Gasteiger partial charge in [0, 0.05) is 17.8 Å². The second kappa shape index (κ2) is 4.74. The quantitative estimate of drug-likeness (QED) is 0.789. The van der Waals surface area contributed by atoms with E-state index in [2.05, 4.69) is 0 Å². The molecule has 0 aliphatic carbocycles. The van der Waals surface area contributed by atoms with Crippen LogP contribution in [0.1, 0.15) is 32.1 Å². The molecule has 0 amide bonds. The fourth-order valence-electron chi connectivity index (χ4n) is 2.65. The molecule has 0 aromatic heterocycles. The van der Waals surface area contributed by atoms with Crippen molar-refractivity contribution in [1.82, 2.24) is 0 Å². The summed E-state index contributed by atoms with van der Waals surface area (Å²) in [7, 11) is 0. The highest BCUT2D eigenvalue weighted by atomic mass is 32.2. The van der Waals surface area contributed by atoms with Gasteiger partial charge in [0.25, 0.3) is 0 Å². The fourth-order valence-corrected chi connectivity index (χ4v) is 4.35. The zero-order valence-corrected chi connectivity index (χ0v) is 9.72. The molecule has 2 atom stereocenters. The summed E-state index contributed by atoms with van der Waals surface area (Å²) in [4.78, 5) is 10.7. The van der Waals surface area contributed by atoms with E-state index >= 15 is 0 Å². The first-order valence-corrected chi connectivity index (χ1v) is 6.62. The molecule has 4 heteroatoms. The molecule has 0 saturated carbocycles. The maximum atomic E-state index is 10.7. The third-order valence-corrected chi connectivity index (χ3v) is 4.89. The second-order valence-electron chi connectivity index (χ2n) is 4.64. The number of rotatable bonds is 2. The molecule has 3 nitrogen and oxygen atoms in total. The van der Waals surface area contributed by atoms with Gasteiger partial charge in [-0.15, -0.1) is 0 Å². The Morgan fingerprint density at radius 2 is 2.47 bits per heavy atom. The lowest BCUT2D eigenvalue weighted by atomic mass is 9.86. The van der Waals surface area contributed by atoms with E-state index in [-0.39, 0.29) is 4.75 Å². The number of carboxylic acid groups (broad SMARTS) is 1. The van der Waals surface area contributed by atoms with Gasteiger partial charge in [0.05, 0.1) is 6.61 Å². The van der Waals surface area contributed by atoms with Crippen LogP contribution in [0.4, 0.5) is 0 Å². The number of hydrogen-bond acceptors (Lipinski definition) is 3. The number of hydrogen-bond donors (Lipinski definition) is 1. The van der Waals surface area contributed by atoms with Crippen molar-refractivity contribution in [2.45, 2.75) is 36.9 Å². The Kier molecular flexibility index (Phi) is 3.57. The van der Waals surface area contributed by atoms with E-state index in [4.69, 9.17) is 9.84 Å². The van der Waals surface area contributed by atoms with Crippen molar-refractivity contribution in [3.05, 3.63) is 0 Å². The van der Waals surface area contributed by atoms with Gasteiger partial charge >= 0.3 is 5.97 Å². The SMILES string of the molecule is O=C(O)CC1CCSC2(CCCOC2)C1. The molecule has 0 bridgehead atoms. The Balaban J connectivity index is 1.93. The van der Waals surface area contributed by atoms with Crippen LogP contribution in [0.5, 0.6) is 0 Å². The summed E-state index contributed by atoms with van der Waals surface area (Å²) in [6.07, 6.45) is 4.76. The average Bonchev–Trinajstić information content (AvgIpc) is 2.17. The molecule has 0 aromatic rings. The smallest absolute Gasteiger partial charge is 0.303 e. The first-order valence-electron chi connectivity index (χ1n) is 5.64. The van der Waals surface area contributed by atoms with Gasteiger partial charge in [0.1, 0.15) is 0 Å². The van der Waals surface area contributed by atoms with Gasteiger partial charge < -0.3 is 9.84 Å². The van der Waals surface area contributed by atoms with Crippen molar-refractivity contribution < 1.29 is 14.6 Å². The molecule has 1 N–H and O–H groups in total. The molecule has 2 aliphatic heterocycles. The van der Waals surface area contributed by atoms with Crippen molar-refractivity contribution in [1.29, 1.82) is 0 Å². The molecule has 2 unspecified atom stereocenters. The number of ether oxygens (including phenoxy) is 1. The first kappa shape index (κ1) is 11.3. The lowest BCUT2D eigenvalue weighted by molar-refractivity contribution is -0.138. The molecule has 0 radical (unpaired) electrons. The summed E-state index contributed by atoms with van der Waals surface area (Å²) in [5.74, 6) is 0.811. The van der Waals surface area contributed by atoms with Crippen LogP contribution in [0.25, 0.3) is 0 Å². The number of thioether (sulfide) groups is 1. The monoisotopic (exact) mass is 230 g/mol. The van der Waals surface area contributed by atoms with Crippen molar-refractivity contribution >= 4 is 17.7 Å². The van der Waals surface area contributed by atoms with E-state index < -0.39 is 5.97 Å². The van der Waals surface area contributed by atoms with Crippen molar-refractivity contribution in [3.8, 4) is 0 Å². The lowest BCUT2D eigenvalue weighted by Crippen LogP contribution is -2.40. The molecular formula is C11H18O3S. The minimum Gasteiger partial charge on any atom is -0.481 e. The topological polar surface area (TPSA) is 46.5 Å². The summed E-state index contributed by atoms with van der Waals surface area (Å²) in [6, 6.07) is 0. The molecular weight excluding hydrogens is 212 g/mol. The summed E-state index contributed by atoms with van der Waals surface area (Å²) in [5, 5.41) is 8.81. The van der Waals surface area contributed by atoms with Crippen LogP contribution in [-0.2, 0) is 9.53 Å². The van der Waals surface area contributed by atoms with Gasteiger partial charge in [-0.25, -0.2) is 0 Å². The summed E-state index contributed by atoms with van der Waals surface area (Å²) >= 11 is 2.00. The molecule has 0 aromatic carbocycles. The van der Waals surface area contributed by atoms with Crippen LogP contribution in [0.3, 0.4) is 0 Å². The molecule has 2 rings (SSSR count). The van der Waals surface area contributed by atoms with Gasteiger partial charge in [-0.1, -0.05) is 0 Å². The number of carbonyl (C=O) groups is 1. The molecule has 2 heterocycles. The normalized spacial score (nSPS) is 36.7. The van der Waals surface area contributed by atoms with Crippen molar-refractivity contribution in [2.75, 3.05) is 19.0 Å². The predicted octanol–water partition coefficient (Wildman–Crippen LogP) is 2.15. The zero-order chi connectivity index (χ0) is 10.7. The minimum atomic E-state index is -0.654. The highest BCUT2D eigenvalue weighted by molar-refractivity contribution is 8.00. The van der Waals surface area contributed by atoms with Gasteiger partial charge in [0.2, 0.25) is 0 Å². The average molecular weight is 230 g/mol. The van der Waals surface area contributed by atoms with Gasteiger partial charge in [-0.05, 0) is 37.4 Å². The van der Waals surface area contributed by atoms with Gasteiger partial charge in [0.15, 0.2) is 0 Å². The van der Waals surface area contributed by atoms with E-state index in [9.17, 15) is 4.79 Å². The lowest BCUT2D eigenvalue weighted by Gasteiger charge is -2.42. The summed E-state index contributed by atoms with van der Waals surface area (Å²) in [6.45, 7) is 1.71. The molecule has 15 heavy (non-hydrogen) atoms. The molecule has 86 valence electrons. The van der Waals surface area contributed by atoms with Crippen LogP contribution < -0.4 is 0 Å². The first-order chi connectivity index (χ1) is 7.20. The van der Waals surface area contributed by atoms with E-state index in [1.807, 2.05) is 11.8 Å². The Bertz CT molecular complexity index is 230.